The monoisotopic (exact) mass is 295 g/mol. The minimum Gasteiger partial charge on any atom is -0.407 e. The lowest BCUT2D eigenvalue weighted by atomic mass is 9.92. The first kappa shape index (κ1) is 14.4. The predicted molar refractivity (Wildman–Crippen MR) is 83.3 cm³/mol. The number of pyridine rings is 2. The van der Waals surface area contributed by atoms with Gasteiger partial charge >= 0.3 is 5.97 Å². The average molecular weight is 295 g/mol. The number of hydrogen-bond donors (Lipinski definition) is 0. The first-order valence-electron chi connectivity index (χ1n) is 7.39. The fourth-order valence-electron chi connectivity index (χ4n) is 2.49. The smallest absolute Gasteiger partial charge is 0.316 e. The molecule has 0 radical (unpaired) electrons. The molecule has 0 aromatic carbocycles. The third kappa shape index (κ3) is 3.19. The summed E-state index contributed by atoms with van der Waals surface area (Å²) in [5, 5.41) is 0. The summed E-state index contributed by atoms with van der Waals surface area (Å²) in [6, 6.07) is 9.41. The second-order valence-electron chi connectivity index (χ2n) is 5.21. The zero-order valence-corrected chi connectivity index (χ0v) is 12.4. The molecule has 2 aromatic heterocycles. The van der Waals surface area contributed by atoms with Crippen LogP contribution in [0.2, 0.25) is 0 Å². The Labute approximate surface area is 129 Å². The molecule has 1 aliphatic heterocycles. The van der Waals surface area contributed by atoms with Gasteiger partial charge in [-0.1, -0.05) is 19.1 Å². The van der Waals surface area contributed by atoms with E-state index in [4.69, 9.17) is 4.74 Å². The molecule has 0 spiro atoms. The molecule has 0 saturated heterocycles. The van der Waals surface area contributed by atoms with E-state index >= 15 is 0 Å². The lowest BCUT2D eigenvalue weighted by molar-refractivity contribution is -0.140. The van der Waals surface area contributed by atoms with Gasteiger partial charge < -0.3 is 4.74 Å². The normalized spacial score (nSPS) is 17.8. The first-order valence-corrected chi connectivity index (χ1v) is 7.39. The highest BCUT2D eigenvalue weighted by molar-refractivity contribution is 5.91. The van der Waals surface area contributed by atoms with Gasteiger partial charge in [-0.05, 0) is 37.5 Å². The summed E-state index contributed by atoms with van der Waals surface area (Å²) in [5.41, 5.74) is 1.92. The molecule has 0 saturated carbocycles. The average Bonchev–Trinajstić information content (AvgIpc) is 2.55. The van der Waals surface area contributed by atoms with Crippen LogP contribution in [-0.2, 0) is 11.2 Å². The number of nitrogens with zero attached hydrogens (tertiary/aromatic N) is 3. The molecular weight excluding hydrogens is 278 g/mol. The number of aromatic nitrogens is 2. The lowest BCUT2D eigenvalue weighted by Crippen LogP contribution is -2.30. The highest BCUT2D eigenvalue weighted by atomic mass is 16.5. The Morgan fingerprint density at radius 2 is 2.14 bits per heavy atom. The van der Waals surface area contributed by atoms with Crippen LogP contribution in [-0.4, -0.2) is 21.6 Å². The minimum atomic E-state index is -0.228. The molecule has 0 N–H and O–H groups in total. The number of hydrogen-bond acceptors (Lipinski definition) is 5. The second kappa shape index (κ2) is 6.47. The Morgan fingerprint density at radius 3 is 2.91 bits per heavy atom. The van der Waals surface area contributed by atoms with Crippen LogP contribution >= 0.6 is 0 Å². The van der Waals surface area contributed by atoms with Gasteiger partial charge in [-0.2, -0.15) is 0 Å². The van der Waals surface area contributed by atoms with Crippen molar-refractivity contribution in [3.63, 3.8) is 0 Å². The van der Waals surface area contributed by atoms with Crippen LogP contribution in [0.3, 0.4) is 0 Å². The number of carbonyl (C=O) groups excluding carboxylic acids is 1. The van der Waals surface area contributed by atoms with E-state index in [1.54, 1.807) is 12.4 Å². The van der Waals surface area contributed by atoms with E-state index in [9.17, 15) is 4.79 Å². The topological polar surface area (TPSA) is 64.4 Å². The number of fused-ring (bicyclic) bond motifs is 1. The van der Waals surface area contributed by atoms with Crippen molar-refractivity contribution in [2.75, 3.05) is 0 Å². The maximum atomic E-state index is 12.1. The van der Waals surface area contributed by atoms with Crippen molar-refractivity contribution in [1.82, 2.24) is 9.97 Å². The van der Waals surface area contributed by atoms with Crippen molar-refractivity contribution in [2.45, 2.75) is 26.2 Å². The van der Waals surface area contributed by atoms with Crippen LogP contribution in [0.15, 0.2) is 47.7 Å². The first-order chi connectivity index (χ1) is 10.8. The van der Waals surface area contributed by atoms with Crippen molar-refractivity contribution in [2.24, 2.45) is 10.9 Å². The summed E-state index contributed by atoms with van der Waals surface area (Å²) in [4.78, 5) is 25.0. The summed E-state index contributed by atoms with van der Waals surface area (Å²) < 4.78 is 5.32. The van der Waals surface area contributed by atoms with E-state index in [0.29, 0.717) is 24.5 Å². The van der Waals surface area contributed by atoms with Gasteiger partial charge in [-0.15, -0.1) is 0 Å². The number of esters is 1. The molecular formula is C17H17N3O2. The molecule has 22 heavy (non-hydrogen) atoms. The van der Waals surface area contributed by atoms with Gasteiger partial charge in [0.1, 0.15) is 0 Å². The molecule has 1 aliphatic rings. The van der Waals surface area contributed by atoms with Crippen LogP contribution in [0.1, 0.15) is 25.3 Å². The van der Waals surface area contributed by atoms with Crippen molar-refractivity contribution in [3.8, 4) is 5.88 Å². The van der Waals surface area contributed by atoms with Crippen LogP contribution in [0, 0.1) is 5.92 Å². The summed E-state index contributed by atoms with van der Waals surface area (Å²) in [6.07, 6.45) is 5.35. The predicted octanol–water partition coefficient (Wildman–Crippen LogP) is 3.13. The summed E-state index contributed by atoms with van der Waals surface area (Å²) >= 11 is 0. The third-order valence-corrected chi connectivity index (χ3v) is 3.66. The largest absolute Gasteiger partial charge is 0.407 e. The van der Waals surface area contributed by atoms with Crippen LogP contribution in [0.25, 0.3) is 0 Å². The highest BCUT2D eigenvalue weighted by Gasteiger charge is 2.29. The van der Waals surface area contributed by atoms with Gasteiger partial charge in [0.25, 0.3) is 0 Å². The Kier molecular flexibility index (Phi) is 4.23. The molecule has 2 aromatic rings. The molecule has 3 heterocycles. The van der Waals surface area contributed by atoms with E-state index in [2.05, 4.69) is 15.0 Å². The van der Waals surface area contributed by atoms with Gasteiger partial charge in [0, 0.05) is 23.7 Å². The summed E-state index contributed by atoms with van der Waals surface area (Å²) in [7, 11) is 0. The van der Waals surface area contributed by atoms with E-state index in [1.165, 1.54) is 0 Å². The van der Waals surface area contributed by atoms with Crippen LogP contribution < -0.4 is 4.74 Å². The molecule has 0 aliphatic carbocycles. The highest BCUT2D eigenvalue weighted by Crippen LogP contribution is 2.28. The van der Waals surface area contributed by atoms with E-state index in [-0.39, 0.29) is 11.9 Å². The van der Waals surface area contributed by atoms with Crippen LogP contribution in [0.4, 0.5) is 5.82 Å². The molecule has 1 atom stereocenters. The van der Waals surface area contributed by atoms with Crippen LogP contribution in [0.5, 0.6) is 5.88 Å². The lowest BCUT2D eigenvalue weighted by Gasteiger charge is -2.22. The Bertz CT molecular complexity index is 698. The number of aliphatic imine (C=N–C) groups is 1. The van der Waals surface area contributed by atoms with Crippen molar-refractivity contribution in [1.29, 1.82) is 0 Å². The molecule has 0 amide bonds. The molecule has 0 fully saturated rings. The standard InChI is InChI=1S/C17H17N3O2/c1-2-14(20-15-7-3-4-8-18-15)11-13-10-12-6-5-9-19-16(12)22-17(13)21/h3-9,13H,2,10-11H2,1H3. The molecule has 1 unspecified atom stereocenters. The fraction of sp³-hybridized carbons (Fsp3) is 0.294. The van der Waals surface area contributed by atoms with Gasteiger partial charge in [0.05, 0.1) is 5.92 Å². The van der Waals surface area contributed by atoms with Crippen molar-refractivity contribution < 1.29 is 9.53 Å². The fourth-order valence-corrected chi connectivity index (χ4v) is 2.49. The van der Waals surface area contributed by atoms with Gasteiger partial charge in [-0.25, -0.2) is 15.0 Å². The van der Waals surface area contributed by atoms with Crippen molar-refractivity contribution in [3.05, 3.63) is 48.3 Å². The number of rotatable bonds is 4. The quantitative estimate of drug-likeness (QED) is 0.642. The Hall–Kier alpha value is -2.56. The second-order valence-corrected chi connectivity index (χ2v) is 5.21. The van der Waals surface area contributed by atoms with Gasteiger partial charge in [0.2, 0.25) is 5.88 Å². The molecule has 5 heteroatoms. The molecule has 3 rings (SSSR count). The maximum Gasteiger partial charge on any atom is 0.316 e. The third-order valence-electron chi connectivity index (χ3n) is 3.66. The molecule has 0 bridgehead atoms. The SMILES string of the molecule is CCC(CC1Cc2cccnc2OC1=O)=Nc1ccccn1. The van der Waals surface area contributed by atoms with Crippen molar-refractivity contribution >= 4 is 17.5 Å². The van der Waals surface area contributed by atoms with Gasteiger partial charge in [0.15, 0.2) is 5.82 Å². The van der Waals surface area contributed by atoms with E-state index < -0.39 is 0 Å². The van der Waals surface area contributed by atoms with Gasteiger partial charge in [-0.3, -0.25) is 4.79 Å². The molecule has 112 valence electrons. The Morgan fingerprint density at radius 1 is 1.27 bits per heavy atom. The zero-order valence-electron chi connectivity index (χ0n) is 12.4. The van der Waals surface area contributed by atoms with E-state index in [1.807, 2.05) is 37.3 Å². The zero-order chi connectivity index (χ0) is 15.4. The summed E-state index contributed by atoms with van der Waals surface area (Å²) in [5.74, 6) is 0.668. The number of carbonyl (C=O) groups is 1. The molecule has 5 nitrogen and oxygen atoms in total. The Balaban J connectivity index is 1.77. The summed E-state index contributed by atoms with van der Waals surface area (Å²) in [6.45, 7) is 2.03. The minimum absolute atomic E-state index is 0.209. The number of ether oxygens (including phenoxy) is 1. The van der Waals surface area contributed by atoms with E-state index in [0.717, 1.165) is 17.7 Å². The maximum absolute atomic E-state index is 12.1.